The lowest BCUT2D eigenvalue weighted by Gasteiger charge is -1.83. The average Bonchev–Trinajstić information content (AvgIpc) is 1.30. The lowest BCUT2D eigenvalue weighted by Crippen LogP contribution is -1.82. The van der Waals surface area contributed by atoms with E-state index in [1.54, 1.807) is 0 Å². The fourth-order valence-corrected chi connectivity index (χ4v) is 3.11. The lowest BCUT2D eigenvalue weighted by molar-refractivity contribution is 0.503. The summed E-state index contributed by atoms with van der Waals surface area (Å²) in [5, 5.41) is 0. The predicted molar refractivity (Wildman–Crippen MR) is 35.7 cm³/mol. The van der Waals surface area contributed by atoms with Crippen molar-refractivity contribution in [1.82, 2.24) is 0 Å². The molecular formula is H2O3S4. The van der Waals surface area contributed by atoms with Crippen molar-refractivity contribution < 1.29 is 13.0 Å². The highest BCUT2D eigenvalue weighted by atomic mass is 33.7. The zero-order chi connectivity index (χ0) is 5.91. The Balaban J connectivity index is 3.60. The Kier molecular flexibility index (Phi) is 3.50. The quantitative estimate of drug-likeness (QED) is 0.375. The third-order valence-electron chi connectivity index (χ3n) is 0.116. The Labute approximate surface area is 53.6 Å². The molecule has 7 heavy (non-hydrogen) atoms. The van der Waals surface area contributed by atoms with Crippen LogP contribution in [0.15, 0.2) is 0 Å². The van der Waals surface area contributed by atoms with Crippen LogP contribution in [0.1, 0.15) is 0 Å². The highest BCUT2D eigenvalue weighted by molar-refractivity contribution is 9.21. The second-order valence-corrected chi connectivity index (χ2v) is 6.40. The summed E-state index contributed by atoms with van der Waals surface area (Å²) in [5.74, 6) is 0. The third kappa shape index (κ3) is 6.96. The molecule has 0 bridgehead atoms. The van der Waals surface area contributed by atoms with Gasteiger partial charge < -0.3 is 0 Å². The van der Waals surface area contributed by atoms with Gasteiger partial charge in [0.1, 0.15) is 0 Å². The van der Waals surface area contributed by atoms with E-state index >= 15 is 0 Å². The molecule has 7 heteroatoms. The van der Waals surface area contributed by atoms with Gasteiger partial charge in [-0.2, -0.15) is 8.42 Å². The molecule has 0 radical (unpaired) electrons. The zero-order valence-electron chi connectivity index (χ0n) is 2.94. The fraction of sp³-hybridized carbons (Fsp3) is 0. The Hall–Kier alpha value is 0.960. The Morgan fingerprint density at radius 1 is 1.57 bits per heavy atom. The van der Waals surface area contributed by atoms with E-state index in [-0.39, 0.29) is 0 Å². The van der Waals surface area contributed by atoms with Gasteiger partial charge in [-0.3, -0.25) is 4.55 Å². The van der Waals surface area contributed by atoms with Crippen LogP contribution in [-0.4, -0.2) is 13.0 Å². The highest BCUT2D eigenvalue weighted by Gasteiger charge is 2.01. The van der Waals surface area contributed by atoms with Crippen molar-refractivity contribution in [3.8, 4) is 0 Å². The van der Waals surface area contributed by atoms with Crippen LogP contribution in [0.2, 0.25) is 0 Å². The molecule has 0 atom stereocenters. The number of rotatable bonds is 2. The standard InChI is InChI=1S/H2O3S4/c1-7(2,3)6-5-4/h4H,(H,1,2,3). The van der Waals surface area contributed by atoms with Gasteiger partial charge in [0.2, 0.25) is 0 Å². The molecular weight excluding hydrogens is 176 g/mol. The summed E-state index contributed by atoms with van der Waals surface area (Å²) >= 11 is 3.45. The van der Waals surface area contributed by atoms with E-state index in [1.165, 1.54) is 0 Å². The topological polar surface area (TPSA) is 54.4 Å². The Morgan fingerprint density at radius 2 is 2.00 bits per heavy atom. The second-order valence-electron chi connectivity index (χ2n) is 0.570. The Bertz CT molecular complexity index is 120. The molecule has 3 nitrogen and oxygen atoms in total. The predicted octanol–water partition coefficient (Wildman–Crippen LogP) is 1.02. The first kappa shape index (κ1) is 7.96. The van der Waals surface area contributed by atoms with Gasteiger partial charge in [0.25, 0.3) is 0 Å². The number of hydrogen-bond acceptors (Lipinski definition) is 5. The molecule has 0 fully saturated rings. The van der Waals surface area contributed by atoms with Crippen LogP contribution in [0.4, 0.5) is 0 Å². The molecule has 0 amide bonds. The maximum absolute atomic E-state index is 9.68. The van der Waals surface area contributed by atoms with Gasteiger partial charge in [0.15, 0.2) is 0 Å². The first-order valence-electron chi connectivity index (χ1n) is 1.03. The minimum absolute atomic E-state index is 0.297. The van der Waals surface area contributed by atoms with E-state index in [2.05, 4.69) is 11.7 Å². The largest absolute Gasteiger partial charge is 0.330 e. The van der Waals surface area contributed by atoms with Crippen molar-refractivity contribution >= 4 is 40.5 Å². The number of hydrogen-bond donors (Lipinski definition) is 2. The maximum atomic E-state index is 9.68. The van der Waals surface area contributed by atoms with Crippen molar-refractivity contribution in [2.75, 3.05) is 0 Å². The minimum atomic E-state index is -3.87. The molecule has 0 aliphatic carbocycles. The molecule has 0 aromatic heterocycles. The molecule has 0 rings (SSSR count). The normalized spacial score (nSPS) is 11.7. The van der Waals surface area contributed by atoms with Crippen molar-refractivity contribution in [3.63, 3.8) is 0 Å². The average molecular weight is 178 g/mol. The van der Waals surface area contributed by atoms with Crippen molar-refractivity contribution in [3.05, 3.63) is 0 Å². The summed E-state index contributed by atoms with van der Waals surface area (Å²) < 4.78 is 27.2. The van der Waals surface area contributed by atoms with Gasteiger partial charge in [0, 0.05) is 0 Å². The summed E-state index contributed by atoms with van der Waals surface area (Å²) in [6, 6.07) is 0. The number of thiol groups is 1. The van der Waals surface area contributed by atoms with E-state index < -0.39 is 9.15 Å². The second kappa shape index (κ2) is 3.08. The van der Waals surface area contributed by atoms with E-state index in [0.29, 0.717) is 19.7 Å². The first-order chi connectivity index (χ1) is 3.06. The van der Waals surface area contributed by atoms with Crippen LogP contribution in [0.25, 0.3) is 0 Å². The van der Waals surface area contributed by atoms with Crippen molar-refractivity contribution in [1.29, 1.82) is 0 Å². The molecule has 0 aliphatic rings. The van der Waals surface area contributed by atoms with Gasteiger partial charge in [-0.15, -0.1) is 0 Å². The molecule has 0 saturated carbocycles. The molecule has 0 unspecified atom stereocenters. The van der Waals surface area contributed by atoms with Gasteiger partial charge in [0.05, 0.1) is 9.83 Å². The smallest absolute Gasteiger partial charge is 0.277 e. The van der Waals surface area contributed by atoms with Crippen LogP contribution in [0.5, 0.6) is 0 Å². The minimum Gasteiger partial charge on any atom is -0.277 e. The third-order valence-corrected chi connectivity index (χ3v) is 4.79. The Morgan fingerprint density at radius 3 is 2.00 bits per heavy atom. The van der Waals surface area contributed by atoms with Crippen LogP contribution in [0.3, 0.4) is 0 Å². The summed E-state index contributed by atoms with van der Waals surface area (Å²) in [5.41, 5.74) is 0. The van der Waals surface area contributed by atoms with Crippen molar-refractivity contribution in [2.45, 2.75) is 0 Å². The lowest BCUT2D eigenvalue weighted by atomic mass is 15.9. The van der Waals surface area contributed by atoms with Gasteiger partial charge in [-0.05, 0) is 9.83 Å². The van der Waals surface area contributed by atoms with Gasteiger partial charge >= 0.3 is 9.15 Å². The van der Waals surface area contributed by atoms with E-state index in [9.17, 15) is 8.42 Å². The molecule has 0 heterocycles. The van der Waals surface area contributed by atoms with Gasteiger partial charge in [-0.1, -0.05) is 11.7 Å². The molecule has 0 aliphatic heterocycles. The molecule has 1 N–H and O–H groups in total. The van der Waals surface area contributed by atoms with Crippen LogP contribution >= 0.6 is 31.3 Å². The summed E-state index contributed by atoms with van der Waals surface area (Å²) in [6.07, 6.45) is 0. The van der Waals surface area contributed by atoms with Crippen LogP contribution < -0.4 is 0 Å². The molecule has 0 spiro atoms. The van der Waals surface area contributed by atoms with Crippen LogP contribution in [0, 0.1) is 0 Å². The van der Waals surface area contributed by atoms with Crippen LogP contribution in [-0.2, 0) is 9.15 Å². The van der Waals surface area contributed by atoms with Crippen molar-refractivity contribution in [2.24, 2.45) is 0 Å². The van der Waals surface area contributed by atoms with E-state index in [0.717, 1.165) is 0 Å². The van der Waals surface area contributed by atoms with E-state index in [4.69, 9.17) is 4.55 Å². The molecule has 0 aromatic rings. The first-order valence-corrected chi connectivity index (χ1v) is 6.19. The molecule has 44 valence electrons. The summed E-state index contributed by atoms with van der Waals surface area (Å²) in [4.78, 5) is 0. The summed E-state index contributed by atoms with van der Waals surface area (Å²) in [6.45, 7) is 0. The summed E-state index contributed by atoms with van der Waals surface area (Å²) in [7, 11) is -2.89. The highest BCUT2D eigenvalue weighted by Crippen LogP contribution is 2.29. The SMILES string of the molecule is O=S(=O)(O)SSS. The fourth-order valence-electron chi connectivity index (χ4n) is 0.0385. The van der Waals surface area contributed by atoms with E-state index in [1.807, 2.05) is 0 Å². The molecule has 0 aromatic carbocycles. The molecule has 0 saturated heterocycles. The van der Waals surface area contributed by atoms with Gasteiger partial charge in [-0.25, -0.2) is 0 Å². The maximum Gasteiger partial charge on any atom is 0.330 e. The monoisotopic (exact) mass is 178 g/mol. The zero-order valence-corrected chi connectivity index (χ0v) is 6.28.